The minimum absolute atomic E-state index is 0.0266. The lowest BCUT2D eigenvalue weighted by atomic mass is 10.3. The summed E-state index contributed by atoms with van der Waals surface area (Å²) in [6.45, 7) is 1.41. The fourth-order valence-electron chi connectivity index (χ4n) is 1.17. The summed E-state index contributed by atoms with van der Waals surface area (Å²) in [5.74, 6) is -1.74. The monoisotopic (exact) mass is 272 g/mol. The molecule has 0 aromatic carbocycles. The van der Waals surface area contributed by atoms with E-state index in [1.54, 1.807) is 6.07 Å². The number of ether oxygens (including phenoxy) is 1. The second-order valence-corrected chi connectivity index (χ2v) is 4.40. The molecule has 0 saturated carbocycles. The Morgan fingerprint density at radius 1 is 1.50 bits per heavy atom. The van der Waals surface area contributed by atoms with E-state index >= 15 is 0 Å². The minimum atomic E-state index is -1.12. The van der Waals surface area contributed by atoms with Crippen LogP contribution >= 0.6 is 11.3 Å². The molecule has 0 unspecified atom stereocenters. The van der Waals surface area contributed by atoms with Gasteiger partial charge < -0.3 is 15.6 Å². The molecule has 18 heavy (non-hydrogen) atoms. The number of hydrogen-bond acceptors (Lipinski definition) is 5. The molecule has 0 saturated heterocycles. The summed E-state index contributed by atoms with van der Waals surface area (Å²) in [5.41, 5.74) is 4.75. The van der Waals surface area contributed by atoms with E-state index in [4.69, 9.17) is 15.6 Å². The van der Waals surface area contributed by atoms with Crippen LogP contribution in [0.4, 0.5) is 4.79 Å². The first-order valence-corrected chi connectivity index (χ1v) is 5.83. The Bertz CT molecular complexity index is 483. The molecular weight excluding hydrogens is 260 g/mol. The number of carboxylic acids is 1. The summed E-state index contributed by atoms with van der Waals surface area (Å²) in [7, 11) is 0. The van der Waals surface area contributed by atoms with Crippen molar-refractivity contribution in [2.75, 3.05) is 6.61 Å². The van der Waals surface area contributed by atoms with Gasteiger partial charge in [-0.25, -0.2) is 9.59 Å². The third-order valence-corrected chi connectivity index (χ3v) is 3.16. The Balaban J connectivity index is 2.71. The molecule has 0 aliphatic rings. The third-order valence-electron chi connectivity index (χ3n) is 1.91. The summed E-state index contributed by atoms with van der Waals surface area (Å²) in [5, 5.41) is 10.8. The van der Waals surface area contributed by atoms with Gasteiger partial charge in [0.15, 0.2) is 11.5 Å². The number of aromatic carboxylic acids is 1. The number of hydrogen-bond donors (Lipinski definition) is 3. The average molecular weight is 272 g/mol. The summed E-state index contributed by atoms with van der Waals surface area (Å²) < 4.78 is 5.05. The summed E-state index contributed by atoms with van der Waals surface area (Å²) in [4.78, 5) is 33.3. The largest absolute Gasteiger partial charge is 0.482 e. The number of thiophene rings is 1. The van der Waals surface area contributed by atoms with Gasteiger partial charge in [0.05, 0.1) is 0 Å². The second kappa shape index (κ2) is 6.01. The van der Waals surface area contributed by atoms with E-state index in [2.05, 4.69) is 0 Å². The first-order chi connectivity index (χ1) is 8.43. The predicted molar refractivity (Wildman–Crippen MR) is 63.9 cm³/mol. The number of imide groups is 1. The van der Waals surface area contributed by atoms with Crippen LogP contribution in [-0.2, 0) is 11.2 Å². The number of amides is 3. The maximum Gasteiger partial charge on any atom is 0.349 e. The van der Waals surface area contributed by atoms with Gasteiger partial charge >= 0.3 is 12.0 Å². The van der Waals surface area contributed by atoms with E-state index in [9.17, 15) is 14.4 Å². The van der Waals surface area contributed by atoms with Gasteiger partial charge in [-0.2, -0.15) is 0 Å². The van der Waals surface area contributed by atoms with Crippen LogP contribution in [0.1, 0.15) is 21.5 Å². The van der Waals surface area contributed by atoms with Crippen molar-refractivity contribution < 1.29 is 24.2 Å². The quantitative estimate of drug-likeness (QED) is 0.724. The first kappa shape index (κ1) is 14.0. The van der Waals surface area contributed by atoms with Crippen LogP contribution in [0.25, 0.3) is 0 Å². The van der Waals surface area contributed by atoms with Gasteiger partial charge in [-0.15, -0.1) is 11.3 Å². The zero-order chi connectivity index (χ0) is 13.7. The van der Waals surface area contributed by atoms with E-state index in [0.29, 0.717) is 6.42 Å². The zero-order valence-corrected chi connectivity index (χ0v) is 10.4. The molecule has 0 fully saturated rings. The van der Waals surface area contributed by atoms with Crippen LogP contribution < -0.4 is 15.8 Å². The van der Waals surface area contributed by atoms with Crippen LogP contribution in [0.15, 0.2) is 6.07 Å². The lowest BCUT2D eigenvalue weighted by molar-refractivity contribution is -0.121. The van der Waals surface area contributed by atoms with Crippen molar-refractivity contribution in [3.63, 3.8) is 0 Å². The molecular formula is C10H12N2O5S. The van der Waals surface area contributed by atoms with Gasteiger partial charge in [0.25, 0.3) is 5.91 Å². The van der Waals surface area contributed by atoms with E-state index in [-0.39, 0.29) is 10.6 Å². The Morgan fingerprint density at radius 3 is 2.67 bits per heavy atom. The maximum atomic E-state index is 11.1. The van der Waals surface area contributed by atoms with Crippen LogP contribution in [0.5, 0.6) is 5.75 Å². The molecule has 0 radical (unpaired) electrons. The third kappa shape index (κ3) is 3.74. The second-order valence-electron chi connectivity index (χ2n) is 3.27. The molecule has 1 aromatic heterocycles. The van der Waals surface area contributed by atoms with Gasteiger partial charge in [0.1, 0.15) is 5.75 Å². The SMILES string of the molecule is CCc1cc(OCC(=O)NC(N)=O)c(C(=O)O)s1. The van der Waals surface area contributed by atoms with Crippen LogP contribution in [0.2, 0.25) is 0 Å². The molecule has 0 spiro atoms. The van der Waals surface area contributed by atoms with Crippen molar-refractivity contribution in [2.45, 2.75) is 13.3 Å². The Hall–Kier alpha value is -2.09. The van der Waals surface area contributed by atoms with Gasteiger partial charge in [-0.1, -0.05) is 6.92 Å². The highest BCUT2D eigenvalue weighted by atomic mass is 32.1. The molecule has 1 aromatic rings. The molecule has 0 atom stereocenters. The Morgan fingerprint density at radius 2 is 2.17 bits per heavy atom. The number of urea groups is 1. The van der Waals surface area contributed by atoms with Crippen molar-refractivity contribution in [3.8, 4) is 5.75 Å². The predicted octanol–water partition coefficient (Wildman–Crippen LogP) is 0.582. The fourth-order valence-corrected chi connectivity index (χ4v) is 2.05. The smallest absolute Gasteiger partial charge is 0.349 e. The van der Waals surface area contributed by atoms with Crippen molar-refractivity contribution >= 4 is 29.2 Å². The summed E-state index contributed by atoms with van der Waals surface area (Å²) in [6, 6.07) is 0.577. The van der Waals surface area contributed by atoms with E-state index in [1.807, 2.05) is 12.2 Å². The van der Waals surface area contributed by atoms with E-state index < -0.39 is 24.5 Å². The molecule has 98 valence electrons. The number of nitrogens with two attached hydrogens (primary N) is 1. The number of carbonyl (C=O) groups excluding carboxylic acids is 2. The highest BCUT2D eigenvalue weighted by Gasteiger charge is 2.17. The van der Waals surface area contributed by atoms with Gasteiger partial charge in [0, 0.05) is 4.88 Å². The van der Waals surface area contributed by atoms with Crippen molar-refractivity contribution in [1.29, 1.82) is 0 Å². The molecule has 1 rings (SSSR count). The molecule has 0 aliphatic heterocycles. The average Bonchev–Trinajstić information content (AvgIpc) is 2.68. The molecule has 0 bridgehead atoms. The summed E-state index contributed by atoms with van der Waals surface area (Å²) >= 11 is 1.09. The van der Waals surface area contributed by atoms with Crippen molar-refractivity contribution in [1.82, 2.24) is 5.32 Å². The van der Waals surface area contributed by atoms with Crippen LogP contribution in [0.3, 0.4) is 0 Å². The maximum absolute atomic E-state index is 11.1. The van der Waals surface area contributed by atoms with Crippen LogP contribution in [-0.4, -0.2) is 29.6 Å². The van der Waals surface area contributed by atoms with Gasteiger partial charge in [-0.05, 0) is 12.5 Å². The number of aryl methyl sites for hydroxylation is 1. The molecule has 8 heteroatoms. The fraction of sp³-hybridized carbons (Fsp3) is 0.300. The highest BCUT2D eigenvalue weighted by Crippen LogP contribution is 2.29. The number of rotatable bonds is 5. The lowest BCUT2D eigenvalue weighted by Gasteiger charge is -2.04. The van der Waals surface area contributed by atoms with Crippen LogP contribution in [0, 0.1) is 0 Å². The summed E-state index contributed by atoms with van der Waals surface area (Å²) in [6.07, 6.45) is 0.668. The zero-order valence-electron chi connectivity index (χ0n) is 9.56. The van der Waals surface area contributed by atoms with Gasteiger partial charge in [0.2, 0.25) is 0 Å². The molecule has 1 heterocycles. The topological polar surface area (TPSA) is 119 Å². The lowest BCUT2D eigenvalue weighted by Crippen LogP contribution is -2.38. The Kier molecular flexibility index (Phi) is 4.67. The Labute approximate surface area is 107 Å². The van der Waals surface area contributed by atoms with E-state index in [1.165, 1.54) is 0 Å². The van der Waals surface area contributed by atoms with Crippen molar-refractivity contribution in [3.05, 3.63) is 15.8 Å². The number of primary amides is 1. The highest BCUT2D eigenvalue weighted by molar-refractivity contribution is 7.14. The molecule has 7 nitrogen and oxygen atoms in total. The first-order valence-electron chi connectivity index (χ1n) is 5.02. The number of carbonyl (C=O) groups is 3. The normalized spacial score (nSPS) is 9.83. The van der Waals surface area contributed by atoms with Crippen molar-refractivity contribution in [2.24, 2.45) is 5.73 Å². The molecule has 0 aliphatic carbocycles. The number of carboxylic acid groups (broad SMARTS) is 1. The van der Waals surface area contributed by atoms with E-state index in [0.717, 1.165) is 16.2 Å². The standard InChI is InChI=1S/C10H12N2O5S/c1-2-5-3-6(8(18-5)9(14)15)17-4-7(13)12-10(11)16/h3H,2,4H2,1H3,(H,14,15)(H3,11,12,13,16). The molecule has 4 N–H and O–H groups in total. The number of nitrogens with one attached hydrogen (secondary N) is 1. The molecule has 3 amide bonds. The minimum Gasteiger partial charge on any atom is -0.482 e. The van der Waals surface area contributed by atoms with Gasteiger partial charge in [-0.3, -0.25) is 10.1 Å².